The SMILES string of the molecule is CCc1ccc(CC2(F)CCC(N)C2)nc1. The molecule has 0 saturated heterocycles. The molecule has 3 heteroatoms. The highest BCUT2D eigenvalue weighted by atomic mass is 19.1. The number of aromatic nitrogens is 1. The van der Waals surface area contributed by atoms with Gasteiger partial charge in [0.25, 0.3) is 0 Å². The van der Waals surface area contributed by atoms with Crippen LogP contribution in [0.3, 0.4) is 0 Å². The van der Waals surface area contributed by atoms with Crippen molar-refractivity contribution >= 4 is 0 Å². The van der Waals surface area contributed by atoms with Gasteiger partial charge in [-0.1, -0.05) is 13.0 Å². The summed E-state index contributed by atoms with van der Waals surface area (Å²) in [5.74, 6) is 0. The molecule has 2 nitrogen and oxygen atoms in total. The number of rotatable bonds is 3. The van der Waals surface area contributed by atoms with Gasteiger partial charge in [0.05, 0.1) is 0 Å². The lowest BCUT2D eigenvalue weighted by atomic mass is 9.97. The molecule has 0 aromatic carbocycles. The van der Waals surface area contributed by atoms with Crippen LogP contribution in [0, 0.1) is 0 Å². The van der Waals surface area contributed by atoms with E-state index >= 15 is 0 Å². The predicted molar refractivity (Wildman–Crippen MR) is 63.0 cm³/mol. The molecule has 2 rings (SSSR count). The zero-order chi connectivity index (χ0) is 11.6. The topological polar surface area (TPSA) is 38.9 Å². The van der Waals surface area contributed by atoms with Crippen molar-refractivity contribution in [3.8, 4) is 0 Å². The number of alkyl halides is 1. The molecule has 2 atom stereocenters. The minimum atomic E-state index is -1.12. The highest BCUT2D eigenvalue weighted by molar-refractivity contribution is 5.16. The van der Waals surface area contributed by atoms with Crippen LogP contribution < -0.4 is 5.73 Å². The van der Waals surface area contributed by atoms with E-state index < -0.39 is 5.67 Å². The molecule has 1 aliphatic carbocycles. The van der Waals surface area contributed by atoms with Crippen molar-refractivity contribution in [1.82, 2.24) is 4.98 Å². The number of hydrogen-bond donors (Lipinski definition) is 1. The summed E-state index contributed by atoms with van der Waals surface area (Å²) in [6.45, 7) is 2.09. The number of pyridine rings is 1. The van der Waals surface area contributed by atoms with Crippen molar-refractivity contribution in [1.29, 1.82) is 0 Å². The van der Waals surface area contributed by atoms with Crippen LogP contribution in [0.5, 0.6) is 0 Å². The Kier molecular flexibility index (Phi) is 3.24. The summed E-state index contributed by atoms with van der Waals surface area (Å²) in [6.07, 6.45) is 5.07. The van der Waals surface area contributed by atoms with E-state index in [2.05, 4.69) is 11.9 Å². The fourth-order valence-corrected chi connectivity index (χ4v) is 2.37. The lowest BCUT2D eigenvalue weighted by Crippen LogP contribution is -2.26. The Balaban J connectivity index is 2.03. The normalized spacial score (nSPS) is 29.6. The highest BCUT2D eigenvalue weighted by Gasteiger charge is 2.38. The molecule has 1 aromatic heterocycles. The standard InChI is InChI=1S/C13H19FN2/c1-2-10-3-4-12(16-9-10)8-13(14)6-5-11(15)7-13/h3-4,9,11H,2,5-8,15H2,1H3. The van der Waals surface area contributed by atoms with Gasteiger partial charge in [0.15, 0.2) is 0 Å². The van der Waals surface area contributed by atoms with Crippen LogP contribution in [0.2, 0.25) is 0 Å². The van der Waals surface area contributed by atoms with E-state index in [9.17, 15) is 4.39 Å². The Hall–Kier alpha value is -0.960. The van der Waals surface area contributed by atoms with Crippen molar-refractivity contribution in [3.05, 3.63) is 29.6 Å². The largest absolute Gasteiger partial charge is 0.328 e. The van der Waals surface area contributed by atoms with Gasteiger partial charge < -0.3 is 5.73 Å². The molecule has 0 bridgehead atoms. The van der Waals surface area contributed by atoms with Gasteiger partial charge in [0.1, 0.15) is 5.67 Å². The maximum Gasteiger partial charge on any atom is 0.118 e. The van der Waals surface area contributed by atoms with Gasteiger partial charge in [-0.05, 0) is 37.3 Å². The highest BCUT2D eigenvalue weighted by Crippen LogP contribution is 2.35. The Morgan fingerprint density at radius 2 is 2.38 bits per heavy atom. The molecule has 1 fully saturated rings. The molecule has 0 radical (unpaired) electrons. The van der Waals surface area contributed by atoms with E-state index in [4.69, 9.17) is 5.73 Å². The van der Waals surface area contributed by atoms with Gasteiger partial charge in [-0.15, -0.1) is 0 Å². The molecular weight excluding hydrogens is 203 g/mol. The molecular formula is C13H19FN2. The van der Waals surface area contributed by atoms with Gasteiger partial charge in [0.2, 0.25) is 0 Å². The zero-order valence-electron chi connectivity index (χ0n) is 9.75. The second-order valence-electron chi connectivity index (χ2n) is 4.84. The van der Waals surface area contributed by atoms with Crippen molar-refractivity contribution in [2.75, 3.05) is 0 Å². The summed E-state index contributed by atoms with van der Waals surface area (Å²) in [5.41, 5.74) is 6.66. The third kappa shape index (κ3) is 2.59. The molecule has 1 aliphatic rings. The monoisotopic (exact) mass is 222 g/mol. The van der Waals surface area contributed by atoms with E-state index in [-0.39, 0.29) is 6.04 Å². The summed E-state index contributed by atoms with van der Waals surface area (Å²) in [6, 6.07) is 3.99. The molecule has 0 spiro atoms. The third-order valence-electron chi connectivity index (χ3n) is 3.38. The minimum Gasteiger partial charge on any atom is -0.328 e. The van der Waals surface area contributed by atoms with E-state index in [0.717, 1.165) is 18.5 Å². The maximum atomic E-state index is 14.3. The molecule has 1 heterocycles. The lowest BCUT2D eigenvalue weighted by Gasteiger charge is -2.18. The first-order valence-corrected chi connectivity index (χ1v) is 5.99. The Morgan fingerprint density at radius 3 is 2.88 bits per heavy atom. The van der Waals surface area contributed by atoms with E-state index in [0.29, 0.717) is 19.3 Å². The van der Waals surface area contributed by atoms with E-state index in [1.54, 1.807) is 0 Å². The van der Waals surface area contributed by atoms with Crippen molar-refractivity contribution < 1.29 is 4.39 Å². The Bertz CT molecular complexity index is 349. The quantitative estimate of drug-likeness (QED) is 0.853. The molecule has 0 aliphatic heterocycles. The average molecular weight is 222 g/mol. The Morgan fingerprint density at radius 1 is 1.56 bits per heavy atom. The summed E-state index contributed by atoms with van der Waals surface area (Å²) < 4.78 is 14.3. The number of hydrogen-bond acceptors (Lipinski definition) is 2. The molecule has 1 saturated carbocycles. The van der Waals surface area contributed by atoms with Crippen molar-refractivity contribution in [3.63, 3.8) is 0 Å². The van der Waals surface area contributed by atoms with Crippen LogP contribution in [0.1, 0.15) is 37.4 Å². The summed E-state index contributed by atoms with van der Waals surface area (Å²) in [7, 11) is 0. The summed E-state index contributed by atoms with van der Waals surface area (Å²) in [4.78, 5) is 4.30. The van der Waals surface area contributed by atoms with E-state index in [1.807, 2.05) is 18.3 Å². The molecule has 1 aromatic rings. The minimum absolute atomic E-state index is 0.0277. The van der Waals surface area contributed by atoms with E-state index in [1.165, 1.54) is 5.56 Å². The van der Waals surface area contributed by atoms with Gasteiger partial charge in [-0.3, -0.25) is 4.98 Å². The van der Waals surface area contributed by atoms with Crippen molar-refractivity contribution in [2.45, 2.75) is 50.7 Å². The number of nitrogens with two attached hydrogens (primary N) is 1. The van der Waals surface area contributed by atoms with Crippen LogP contribution >= 0.6 is 0 Å². The van der Waals surface area contributed by atoms with Crippen LogP contribution in [0.4, 0.5) is 4.39 Å². The summed E-state index contributed by atoms with van der Waals surface area (Å²) >= 11 is 0. The van der Waals surface area contributed by atoms with Crippen LogP contribution in [0.25, 0.3) is 0 Å². The first-order valence-electron chi connectivity index (χ1n) is 5.99. The van der Waals surface area contributed by atoms with Gasteiger partial charge in [-0.2, -0.15) is 0 Å². The fourth-order valence-electron chi connectivity index (χ4n) is 2.37. The zero-order valence-corrected chi connectivity index (χ0v) is 9.75. The van der Waals surface area contributed by atoms with Gasteiger partial charge in [-0.25, -0.2) is 4.39 Å². The third-order valence-corrected chi connectivity index (χ3v) is 3.38. The van der Waals surface area contributed by atoms with Crippen LogP contribution in [0.15, 0.2) is 18.3 Å². The fraction of sp³-hybridized carbons (Fsp3) is 0.615. The molecule has 16 heavy (non-hydrogen) atoms. The first-order chi connectivity index (χ1) is 7.61. The van der Waals surface area contributed by atoms with Crippen LogP contribution in [-0.2, 0) is 12.8 Å². The lowest BCUT2D eigenvalue weighted by molar-refractivity contribution is 0.169. The van der Waals surface area contributed by atoms with Crippen LogP contribution in [-0.4, -0.2) is 16.7 Å². The Labute approximate surface area is 96.1 Å². The molecule has 2 unspecified atom stereocenters. The average Bonchev–Trinajstić information content (AvgIpc) is 2.59. The maximum absolute atomic E-state index is 14.3. The summed E-state index contributed by atoms with van der Waals surface area (Å²) in [5, 5.41) is 0. The van der Waals surface area contributed by atoms with Gasteiger partial charge >= 0.3 is 0 Å². The second-order valence-corrected chi connectivity index (χ2v) is 4.84. The predicted octanol–water partition coefficient (Wildman–Crippen LogP) is 2.41. The van der Waals surface area contributed by atoms with Crippen molar-refractivity contribution in [2.24, 2.45) is 5.73 Å². The molecule has 0 amide bonds. The molecule has 88 valence electrons. The first kappa shape index (κ1) is 11.5. The number of halogens is 1. The molecule has 2 N–H and O–H groups in total. The van der Waals surface area contributed by atoms with Gasteiger partial charge in [0, 0.05) is 24.4 Å². The number of aryl methyl sites for hydroxylation is 1. The second kappa shape index (κ2) is 4.50. The smallest absolute Gasteiger partial charge is 0.118 e. The number of nitrogens with zero attached hydrogens (tertiary/aromatic N) is 1.